The number of anilines is 1. The summed E-state index contributed by atoms with van der Waals surface area (Å²) in [5.74, 6) is -3.12. The summed E-state index contributed by atoms with van der Waals surface area (Å²) >= 11 is 5.41. The minimum atomic E-state index is -4.39. The van der Waals surface area contributed by atoms with Gasteiger partial charge in [-0.3, -0.25) is 47.2 Å². The molecule has 550 valence electrons. The molecule has 5 aromatic heterocycles. The zero-order valence-electron chi connectivity index (χ0n) is 56.7. The molecule has 34 nitrogen and oxygen atoms in total. The molecule has 11 atom stereocenters. The summed E-state index contributed by atoms with van der Waals surface area (Å²) in [4.78, 5) is 124. The SMILES string of the molecule is CCC(C)(C)n1nnc2c1-c1ccccc1CN(C(=O)CCC(=O)NCC(=O)NCC(=O)N[C@@H](Cc1ccccc1)C(=O)NCC(=O)NCOCCn1cnc3c(ncn3[C@@H]3O[C@@H]4CO[P+](=O)O[C@H]5[C@@H](F)[C@H](n6cc7c8c(ncnc86)NCCC7)O[C@@H]5COP(O)(=S)O[C@@H]3[C@@H]4O)c1=O)C1=C2CCC=C1. The van der Waals surface area contributed by atoms with E-state index in [-0.39, 0.29) is 68.3 Å². The van der Waals surface area contributed by atoms with E-state index < -0.39 is 138 Å². The second-order valence-electron chi connectivity index (χ2n) is 26.1. The van der Waals surface area contributed by atoms with Gasteiger partial charge >= 0.3 is 15.0 Å². The molecule has 2 aromatic carbocycles. The number of carbonyl (C=O) groups excluding carboxylic acids is 6. The Kier molecular flexibility index (Phi) is 22.4. The van der Waals surface area contributed by atoms with Gasteiger partial charge in [-0.2, -0.15) is 0 Å². The van der Waals surface area contributed by atoms with Crippen molar-refractivity contribution in [3.8, 4) is 11.3 Å². The highest BCUT2D eigenvalue weighted by Gasteiger charge is 2.55. The Morgan fingerprint density at radius 3 is 2.46 bits per heavy atom. The number of alkyl halides is 1. The van der Waals surface area contributed by atoms with Gasteiger partial charge in [0.25, 0.3) is 5.56 Å². The molecule has 13 rings (SSSR count). The number of aliphatic hydroxyl groups excluding tert-OH is 1. The van der Waals surface area contributed by atoms with Gasteiger partial charge in [0.1, 0.15) is 73.6 Å². The molecule has 0 radical (unpaired) electrons. The van der Waals surface area contributed by atoms with E-state index in [1.165, 1.54) is 32.7 Å². The van der Waals surface area contributed by atoms with Crippen LogP contribution < -0.4 is 37.5 Å². The maximum Gasteiger partial charge on any atom is 0.697 e. The summed E-state index contributed by atoms with van der Waals surface area (Å²) < 4.78 is 76.6. The first kappa shape index (κ1) is 73.3. The fourth-order valence-electron chi connectivity index (χ4n) is 13.1. The van der Waals surface area contributed by atoms with Crippen LogP contribution in [0.3, 0.4) is 0 Å². The maximum absolute atomic E-state index is 16.6. The lowest BCUT2D eigenvalue weighted by atomic mass is 9.90. The van der Waals surface area contributed by atoms with Gasteiger partial charge in [0.05, 0.1) is 68.9 Å². The molecule has 10 heterocycles. The van der Waals surface area contributed by atoms with E-state index in [4.69, 9.17) is 44.1 Å². The normalized spacial score (nSPS) is 23.8. The number of rotatable bonds is 22. The number of aryl methyl sites for hydroxylation is 1. The maximum atomic E-state index is 16.6. The van der Waals surface area contributed by atoms with Crippen LogP contribution in [0, 0.1) is 0 Å². The molecule has 3 fully saturated rings. The van der Waals surface area contributed by atoms with E-state index in [0.29, 0.717) is 53.2 Å². The molecule has 0 saturated carbocycles. The van der Waals surface area contributed by atoms with Gasteiger partial charge in [-0.05, 0) is 80.5 Å². The van der Waals surface area contributed by atoms with Gasteiger partial charge in [0, 0.05) is 53.4 Å². The molecular formula is C66H77FN17O17P2S+. The number of aromatic nitrogens is 10. The standard InChI is InChI=1S/C66H76FN17O17P2S/c1-4-66(2,3)84-55-40-17-9-8-15-38(40)29-81(43-19-11-10-18-41(43)53(55)78-79-84)50(89)21-20-46(85)69-26-47(86)70-28-49(88)77-42(25-37-13-6-5-7-14-37)62(91)71-27-48(87)76-36-95-24-23-80-34-75-61-54(63(80)92)74-35-83(61)65-58-56(90)44(98-65)31-96-102(93)100-57-45(32-97-103(94,104)101-58)99-64(52(57)67)82-30-39-16-12-22-68-59-51(39)60(82)73-33-72-59/h5-9,11,13-15,17,19,30,33-35,42,44-45,52,56-58,64-65,90H,4,10,12,16,18,20-29,31-32,36H2,1-3H3,(H6-,68,69,70,71,72,73,76,77,85,86,87,88,91,94,104)/p+1/t42-,44+,45+,52+,56+,57+,58+,64+,65+,103?/m0/s1. The van der Waals surface area contributed by atoms with Crippen LogP contribution in [0.15, 0.2) is 102 Å². The highest BCUT2D eigenvalue weighted by Crippen LogP contribution is 2.52. The van der Waals surface area contributed by atoms with E-state index in [2.05, 4.69) is 82.9 Å². The van der Waals surface area contributed by atoms with Crippen molar-refractivity contribution in [1.29, 1.82) is 0 Å². The fraction of sp³-hybridized carbons (Fsp3) is 0.470. The quantitative estimate of drug-likeness (QED) is 0.0275. The molecule has 0 spiro atoms. The molecule has 6 amide bonds. The summed E-state index contributed by atoms with van der Waals surface area (Å²) in [6.07, 6.45) is 0.520. The summed E-state index contributed by atoms with van der Waals surface area (Å²) in [5.41, 5.74) is 5.75. The summed E-state index contributed by atoms with van der Waals surface area (Å²) in [5, 5.41) is 37.4. The molecule has 3 saturated heterocycles. The first-order chi connectivity index (χ1) is 50.1. The third-order valence-corrected chi connectivity index (χ3v) is 21.2. The zero-order chi connectivity index (χ0) is 73.0. The Labute approximate surface area is 599 Å². The van der Waals surface area contributed by atoms with Gasteiger partial charge in [-0.15, -0.1) is 14.1 Å². The van der Waals surface area contributed by atoms with Crippen molar-refractivity contribution in [2.45, 2.75) is 146 Å². The van der Waals surface area contributed by atoms with Crippen molar-refractivity contribution < 1.29 is 80.0 Å². The lowest BCUT2D eigenvalue weighted by Gasteiger charge is -2.32. The molecular weight excluding hydrogens is 1420 g/mol. The lowest BCUT2D eigenvalue weighted by Crippen LogP contribution is -2.52. The van der Waals surface area contributed by atoms with Crippen LogP contribution in [0.5, 0.6) is 0 Å². The van der Waals surface area contributed by atoms with Gasteiger partial charge < -0.3 is 70.1 Å². The lowest BCUT2D eigenvalue weighted by molar-refractivity contribution is -0.132. The first-order valence-electron chi connectivity index (χ1n) is 33.9. The van der Waals surface area contributed by atoms with Crippen LogP contribution in [0.25, 0.3) is 39.0 Å². The largest absolute Gasteiger partial charge is 0.697 e. The number of amides is 6. The summed E-state index contributed by atoms with van der Waals surface area (Å²) in [6.45, 7) is -0.527. The van der Waals surface area contributed by atoms with Crippen LogP contribution in [0.2, 0.25) is 0 Å². The smallest absolute Gasteiger partial charge is 0.387 e. The van der Waals surface area contributed by atoms with Crippen LogP contribution in [0.4, 0.5) is 10.2 Å². The number of carbonyl (C=O) groups is 6. The number of allylic oxidation sites excluding steroid dienone is 3. The molecule has 104 heavy (non-hydrogen) atoms. The van der Waals surface area contributed by atoms with Crippen molar-refractivity contribution >= 4 is 95.8 Å². The molecule has 6 aliphatic rings. The Morgan fingerprint density at radius 1 is 0.865 bits per heavy atom. The molecule has 1 aliphatic carbocycles. The second kappa shape index (κ2) is 31.7. The van der Waals surface area contributed by atoms with E-state index >= 15 is 4.39 Å². The molecule has 2 bridgehead atoms. The number of imidazole rings is 1. The predicted molar refractivity (Wildman–Crippen MR) is 371 cm³/mol. The van der Waals surface area contributed by atoms with Crippen molar-refractivity contribution in [2.75, 3.05) is 58.0 Å². The number of hydrogen-bond donors (Lipinski definition) is 8. The van der Waals surface area contributed by atoms with Gasteiger partial charge in [0.2, 0.25) is 35.4 Å². The van der Waals surface area contributed by atoms with Crippen LogP contribution in [-0.2, 0) is 109 Å². The van der Waals surface area contributed by atoms with Crippen molar-refractivity contribution in [3.05, 3.63) is 130 Å². The topological polar surface area (TPSA) is 414 Å². The van der Waals surface area contributed by atoms with Gasteiger partial charge in [-0.25, -0.2) is 29.0 Å². The summed E-state index contributed by atoms with van der Waals surface area (Å²) in [6, 6.07) is 15.4. The van der Waals surface area contributed by atoms with Crippen molar-refractivity contribution in [1.82, 2.24) is 80.1 Å². The number of ether oxygens (including phenoxy) is 3. The number of benzene rings is 2. The Balaban J connectivity index is 0.556. The molecule has 2 unspecified atom stereocenters. The Morgan fingerprint density at radius 2 is 1.63 bits per heavy atom. The van der Waals surface area contributed by atoms with Gasteiger partial charge in [-0.1, -0.05) is 72.8 Å². The molecule has 5 aliphatic heterocycles. The van der Waals surface area contributed by atoms with Crippen LogP contribution >= 0.6 is 15.0 Å². The number of nitrogens with zero attached hydrogens (tertiary/aromatic N) is 11. The molecule has 8 N–H and O–H groups in total. The molecule has 7 aromatic rings. The number of nitrogens with one attached hydrogen (secondary N) is 6. The van der Waals surface area contributed by atoms with E-state index in [1.54, 1.807) is 41.4 Å². The highest BCUT2D eigenvalue weighted by molar-refractivity contribution is 8.07. The average Bonchev–Trinajstić information content (AvgIpc) is 1.60. The minimum absolute atomic E-state index is 0.0120. The van der Waals surface area contributed by atoms with Crippen LogP contribution in [-0.4, -0.2) is 194 Å². The predicted octanol–water partition coefficient (Wildman–Crippen LogP) is 3.03. The van der Waals surface area contributed by atoms with E-state index in [0.717, 1.165) is 47.2 Å². The third-order valence-electron chi connectivity index (χ3n) is 18.9. The minimum Gasteiger partial charge on any atom is -0.387 e. The zero-order valence-corrected chi connectivity index (χ0v) is 59.3. The highest BCUT2D eigenvalue weighted by atomic mass is 32.5. The first-order valence-corrected chi connectivity index (χ1v) is 37.6. The monoisotopic (exact) mass is 1490 g/mol. The third kappa shape index (κ3) is 16.0. The van der Waals surface area contributed by atoms with E-state index in [9.17, 15) is 48.1 Å². The number of aliphatic hydroxyl groups is 1. The molecule has 38 heteroatoms. The number of fused-ring (bicyclic) bond motifs is 8. The van der Waals surface area contributed by atoms with Gasteiger partial charge in [0.15, 0.2) is 35.9 Å². The average molecular weight is 1490 g/mol. The Bertz CT molecular complexity index is 4630. The van der Waals surface area contributed by atoms with E-state index in [1.807, 2.05) is 41.1 Å². The fourth-order valence-corrected chi connectivity index (χ4v) is 15.3. The summed E-state index contributed by atoms with van der Waals surface area (Å²) in [7, 11) is -3.11. The van der Waals surface area contributed by atoms with Crippen molar-refractivity contribution in [3.63, 3.8) is 0 Å². The van der Waals surface area contributed by atoms with Crippen LogP contribution in [0.1, 0.15) is 94.1 Å². The second-order valence-corrected chi connectivity index (χ2v) is 29.8. The van der Waals surface area contributed by atoms with Crippen molar-refractivity contribution in [2.24, 2.45) is 0 Å². The number of halogens is 1. The number of hydrogen-bond acceptors (Lipinski definition) is 24. The Hall–Kier alpha value is -9.03.